The van der Waals surface area contributed by atoms with E-state index in [9.17, 15) is 0 Å². The van der Waals surface area contributed by atoms with Crippen LogP contribution in [0.4, 0.5) is 0 Å². The molecule has 13 heteroatoms. The normalized spacial score (nSPS) is 11.6. The third kappa shape index (κ3) is 9.85. The molecule has 0 aliphatic carbocycles. The maximum absolute atomic E-state index is 4.57. The maximum atomic E-state index is 4.57. The Morgan fingerprint density at radius 3 is 1.03 bits per heavy atom. The first-order valence-electron chi connectivity index (χ1n) is 11.8. The topological polar surface area (TPSA) is 118 Å². The van der Waals surface area contributed by atoms with Crippen LogP contribution in [0.15, 0.2) is 24.8 Å². The molecular weight excluding hydrogens is 648 g/mol. The third-order valence-corrected chi connectivity index (χ3v) is 5.58. The first-order valence-corrected chi connectivity index (χ1v) is 11.8. The molecule has 4 rings (SSSR count). The molecule has 0 radical (unpaired) electrons. The van der Waals surface area contributed by atoms with Crippen LogP contribution < -0.4 is 37.2 Å². The predicted octanol–water partition coefficient (Wildman–Crippen LogP) is -4.38. The van der Waals surface area contributed by atoms with Crippen LogP contribution in [0.3, 0.4) is 0 Å². The largest absolute Gasteiger partial charge is 2.00 e. The number of hydrogen-bond acceptors (Lipinski definition) is 6. The van der Waals surface area contributed by atoms with E-state index in [4.69, 9.17) is 0 Å². The number of hydrogen-bond donors (Lipinski definition) is 0. The molecule has 39 heavy (non-hydrogen) atoms. The van der Waals surface area contributed by atoms with E-state index in [2.05, 4.69) is 125 Å². The SMILES string of the molecule is CC(C)(C)c1cc(C(C)(C)C)n2ncnc2n1.CC(C)(C)c1cc(C(C)(C)C)n2ncnc2n1.O.[Cl-].[Cl-].[Cl-].[Ru+2]. The third-order valence-electron chi connectivity index (χ3n) is 5.58. The Kier molecular flexibility index (Phi) is 15.6. The minimum atomic E-state index is 0. The molecule has 0 atom stereocenters. The standard InChI is InChI=1S/2C13H20N4.3ClH.H2O.Ru/c2*1-12(2,3)9-7-10(13(4,5)6)17-11(16-9)14-8-15-17;;;;;/h2*7-8H,1-6H3;3*1H;1H2;/q;;;;;;+2/p-3. The molecule has 9 nitrogen and oxygen atoms in total. The Balaban J connectivity index is -0.000000589. The van der Waals surface area contributed by atoms with Gasteiger partial charge in [0.15, 0.2) is 0 Å². The number of fused-ring (bicyclic) bond motifs is 2. The van der Waals surface area contributed by atoms with E-state index in [1.807, 2.05) is 9.03 Å². The van der Waals surface area contributed by atoms with Crippen LogP contribution in [0.2, 0.25) is 0 Å². The number of rotatable bonds is 0. The Labute approximate surface area is 264 Å². The molecule has 0 saturated heterocycles. The predicted molar refractivity (Wildman–Crippen MR) is 140 cm³/mol. The van der Waals surface area contributed by atoms with Crippen molar-refractivity contribution in [3.8, 4) is 0 Å². The van der Waals surface area contributed by atoms with Gasteiger partial charge in [-0.15, -0.1) is 0 Å². The van der Waals surface area contributed by atoms with Crippen molar-refractivity contribution in [1.29, 1.82) is 0 Å². The monoisotopic (exact) mass is 689 g/mol. The molecule has 2 N–H and O–H groups in total. The van der Waals surface area contributed by atoms with Crippen molar-refractivity contribution in [2.45, 2.75) is 105 Å². The molecule has 0 bridgehead atoms. The second-order valence-electron chi connectivity index (χ2n) is 13.0. The van der Waals surface area contributed by atoms with Gasteiger partial charge in [-0.2, -0.15) is 20.2 Å². The van der Waals surface area contributed by atoms with Crippen molar-refractivity contribution in [1.82, 2.24) is 39.2 Å². The Morgan fingerprint density at radius 2 is 0.795 bits per heavy atom. The average molecular weight is 690 g/mol. The second kappa shape index (κ2) is 14.4. The summed E-state index contributed by atoms with van der Waals surface area (Å²) >= 11 is 0. The van der Waals surface area contributed by atoms with Crippen molar-refractivity contribution in [2.75, 3.05) is 0 Å². The molecule has 0 aliphatic heterocycles. The summed E-state index contributed by atoms with van der Waals surface area (Å²) in [5, 5.41) is 8.50. The van der Waals surface area contributed by atoms with E-state index in [0.717, 1.165) is 22.8 Å². The van der Waals surface area contributed by atoms with Gasteiger partial charge in [0.1, 0.15) is 12.7 Å². The summed E-state index contributed by atoms with van der Waals surface area (Å²) in [4.78, 5) is 17.6. The van der Waals surface area contributed by atoms with Crippen molar-refractivity contribution >= 4 is 11.6 Å². The molecular formula is C26H42Cl3N8ORu-. The smallest absolute Gasteiger partial charge is 1.00 e. The van der Waals surface area contributed by atoms with Gasteiger partial charge in [0.25, 0.3) is 11.6 Å². The minimum absolute atomic E-state index is 0. The summed E-state index contributed by atoms with van der Waals surface area (Å²) in [6.45, 7) is 26.0. The van der Waals surface area contributed by atoms with Crippen LogP contribution in [-0.4, -0.2) is 44.6 Å². The second-order valence-corrected chi connectivity index (χ2v) is 13.0. The fourth-order valence-corrected chi connectivity index (χ4v) is 3.46. The van der Waals surface area contributed by atoms with Gasteiger partial charge in [0.2, 0.25) is 0 Å². The molecule has 4 aromatic heterocycles. The van der Waals surface area contributed by atoms with E-state index < -0.39 is 0 Å². The van der Waals surface area contributed by atoms with Gasteiger partial charge in [-0.25, -0.2) is 19.0 Å². The molecule has 0 unspecified atom stereocenters. The summed E-state index contributed by atoms with van der Waals surface area (Å²) in [6, 6.07) is 4.28. The molecule has 0 aliphatic rings. The van der Waals surface area contributed by atoms with Gasteiger partial charge < -0.3 is 42.7 Å². The van der Waals surface area contributed by atoms with E-state index in [-0.39, 0.29) is 83.8 Å². The van der Waals surface area contributed by atoms with Crippen LogP contribution in [0.25, 0.3) is 11.6 Å². The van der Waals surface area contributed by atoms with Gasteiger partial charge in [0.05, 0.1) is 22.8 Å². The molecule has 4 heterocycles. The van der Waals surface area contributed by atoms with Gasteiger partial charge in [0, 0.05) is 21.7 Å². The van der Waals surface area contributed by atoms with E-state index in [1.54, 1.807) is 12.7 Å². The Hall–Kier alpha value is -1.45. The summed E-state index contributed by atoms with van der Waals surface area (Å²) in [7, 11) is 0. The maximum Gasteiger partial charge on any atom is 2.00 e. The molecule has 0 spiro atoms. The zero-order valence-corrected chi connectivity index (χ0v) is 28.9. The molecule has 4 aromatic rings. The van der Waals surface area contributed by atoms with Crippen LogP contribution in [0.1, 0.15) is 106 Å². The Morgan fingerprint density at radius 1 is 0.513 bits per heavy atom. The number of nitrogens with zero attached hydrogens (tertiary/aromatic N) is 8. The van der Waals surface area contributed by atoms with E-state index >= 15 is 0 Å². The van der Waals surface area contributed by atoms with E-state index in [1.165, 1.54) is 0 Å². The minimum Gasteiger partial charge on any atom is -1.00 e. The van der Waals surface area contributed by atoms with Crippen LogP contribution in [0, 0.1) is 0 Å². The molecule has 0 amide bonds. The quantitative estimate of drug-likeness (QED) is 0.172. The van der Waals surface area contributed by atoms with Gasteiger partial charge >= 0.3 is 19.5 Å². The molecule has 0 saturated carbocycles. The fraction of sp³-hybridized carbons (Fsp3) is 0.615. The van der Waals surface area contributed by atoms with Crippen molar-refractivity contribution in [3.05, 3.63) is 47.6 Å². The van der Waals surface area contributed by atoms with Crippen molar-refractivity contribution < 1.29 is 62.2 Å². The summed E-state index contributed by atoms with van der Waals surface area (Å²) in [5.41, 5.74) is 4.49. The van der Waals surface area contributed by atoms with Crippen molar-refractivity contribution in [3.63, 3.8) is 0 Å². The van der Waals surface area contributed by atoms with Crippen molar-refractivity contribution in [2.24, 2.45) is 0 Å². The zero-order chi connectivity index (χ0) is 25.7. The summed E-state index contributed by atoms with van der Waals surface area (Å²) < 4.78 is 3.66. The van der Waals surface area contributed by atoms with Gasteiger partial charge in [-0.05, 0) is 12.1 Å². The average Bonchev–Trinajstić information content (AvgIpc) is 3.32. The zero-order valence-electron chi connectivity index (χ0n) is 24.9. The molecule has 222 valence electrons. The molecule has 0 fully saturated rings. The molecule has 0 aromatic carbocycles. The summed E-state index contributed by atoms with van der Waals surface area (Å²) in [6.07, 6.45) is 3.12. The van der Waals surface area contributed by atoms with Crippen LogP contribution in [-0.2, 0) is 41.1 Å². The summed E-state index contributed by atoms with van der Waals surface area (Å²) in [5.74, 6) is 1.37. The first kappa shape index (κ1) is 42.0. The number of aromatic nitrogens is 8. The van der Waals surface area contributed by atoms with Gasteiger partial charge in [-0.3, -0.25) is 0 Å². The fourth-order valence-electron chi connectivity index (χ4n) is 3.46. The van der Waals surface area contributed by atoms with Crippen LogP contribution in [0.5, 0.6) is 0 Å². The van der Waals surface area contributed by atoms with Crippen LogP contribution >= 0.6 is 0 Å². The van der Waals surface area contributed by atoms with E-state index in [0.29, 0.717) is 11.6 Å². The van der Waals surface area contributed by atoms with Gasteiger partial charge in [-0.1, -0.05) is 83.1 Å². The first-order chi connectivity index (χ1) is 15.4. The number of halogens is 3. The Bertz CT molecular complexity index is 1210.